The molecule has 0 saturated carbocycles. The predicted octanol–water partition coefficient (Wildman–Crippen LogP) is 2.30. The molecule has 0 radical (unpaired) electrons. The van der Waals surface area contributed by atoms with Gasteiger partial charge in [-0.3, -0.25) is 25.2 Å². The van der Waals surface area contributed by atoms with Gasteiger partial charge < -0.3 is 9.15 Å². The standard InChI is InChI=1S/C20H19N3O6S/c1-30(26,27)23-15-9-7-14(8-10-15)19(24)21-22-20(25)18-12-11-17(29-18)13-28-16-5-3-2-4-6-16/h2-12,23H,13H2,1H3,(H,21,24)(H,22,25). The van der Waals surface area contributed by atoms with Crippen molar-refractivity contribution in [3.63, 3.8) is 0 Å². The predicted molar refractivity (Wildman–Crippen MR) is 109 cm³/mol. The summed E-state index contributed by atoms with van der Waals surface area (Å²) in [6.07, 6.45) is 1.02. The Morgan fingerprint density at radius 1 is 0.900 bits per heavy atom. The van der Waals surface area contributed by atoms with Crippen LogP contribution in [0.15, 0.2) is 71.1 Å². The van der Waals surface area contributed by atoms with Crippen LogP contribution in [0.2, 0.25) is 0 Å². The maximum Gasteiger partial charge on any atom is 0.305 e. The molecule has 1 aromatic heterocycles. The lowest BCUT2D eigenvalue weighted by molar-refractivity contribution is 0.0828. The van der Waals surface area contributed by atoms with Crippen molar-refractivity contribution in [2.24, 2.45) is 0 Å². The highest BCUT2D eigenvalue weighted by Gasteiger charge is 2.13. The first-order valence-corrected chi connectivity index (χ1v) is 10.6. The third kappa shape index (κ3) is 6.11. The average molecular weight is 429 g/mol. The number of rotatable bonds is 7. The second-order valence-electron chi connectivity index (χ2n) is 6.23. The largest absolute Gasteiger partial charge is 0.486 e. The van der Waals surface area contributed by atoms with E-state index in [4.69, 9.17) is 9.15 Å². The summed E-state index contributed by atoms with van der Waals surface area (Å²) in [5.41, 5.74) is 5.06. The Kier molecular flexibility index (Phi) is 6.38. The number of carbonyl (C=O) groups is 2. The van der Waals surface area contributed by atoms with Gasteiger partial charge >= 0.3 is 5.91 Å². The summed E-state index contributed by atoms with van der Waals surface area (Å²) in [6.45, 7) is 0.150. The van der Waals surface area contributed by atoms with Crippen LogP contribution in [0.1, 0.15) is 26.7 Å². The van der Waals surface area contributed by atoms with Gasteiger partial charge in [-0.25, -0.2) is 8.42 Å². The molecule has 0 spiro atoms. The molecule has 9 nitrogen and oxygen atoms in total. The maximum atomic E-state index is 12.1. The third-order valence-corrected chi connectivity index (χ3v) is 4.36. The maximum absolute atomic E-state index is 12.1. The molecule has 0 aliphatic heterocycles. The van der Waals surface area contributed by atoms with Gasteiger partial charge in [0.15, 0.2) is 5.76 Å². The van der Waals surface area contributed by atoms with E-state index < -0.39 is 21.8 Å². The smallest absolute Gasteiger partial charge is 0.305 e. The molecule has 0 aliphatic carbocycles. The van der Waals surface area contributed by atoms with Crippen molar-refractivity contribution in [1.82, 2.24) is 10.9 Å². The van der Waals surface area contributed by atoms with Gasteiger partial charge in [0.1, 0.15) is 18.1 Å². The number of para-hydroxylation sites is 1. The lowest BCUT2D eigenvalue weighted by Crippen LogP contribution is -2.41. The van der Waals surface area contributed by atoms with E-state index in [1.807, 2.05) is 18.2 Å². The summed E-state index contributed by atoms with van der Waals surface area (Å²) in [5.74, 6) is -0.0815. The number of hydrogen-bond donors (Lipinski definition) is 3. The minimum absolute atomic E-state index is 0.00895. The van der Waals surface area contributed by atoms with E-state index in [1.165, 1.54) is 30.3 Å². The summed E-state index contributed by atoms with van der Waals surface area (Å²) < 4.78 is 35.6. The number of ether oxygens (including phenoxy) is 1. The third-order valence-electron chi connectivity index (χ3n) is 3.75. The molecule has 156 valence electrons. The first-order valence-electron chi connectivity index (χ1n) is 8.75. The lowest BCUT2D eigenvalue weighted by Gasteiger charge is -2.07. The van der Waals surface area contributed by atoms with E-state index in [2.05, 4.69) is 15.6 Å². The van der Waals surface area contributed by atoms with Crippen molar-refractivity contribution < 1.29 is 27.2 Å². The van der Waals surface area contributed by atoms with Crippen LogP contribution in [0.3, 0.4) is 0 Å². The Bertz CT molecular complexity index is 1120. The van der Waals surface area contributed by atoms with E-state index in [0.29, 0.717) is 17.2 Å². The highest BCUT2D eigenvalue weighted by molar-refractivity contribution is 7.92. The molecule has 0 bridgehead atoms. The number of amides is 2. The van der Waals surface area contributed by atoms with Crippen molar-refractivity contribution in [2.45, 2.75) is 6.61 Å². The molecule has 2 amide bonds. The molecule has 10 heteroatoms. The van der Waals surface area contributed by atoms with Crippen molar-refractivity contribution in [2.75, 3.05) is 11.0 Å². The molecule has 0 atom stereocenters. The van der Waals surface area contributed by atoms with E-state index in [9.17, 15) is 18.0 Å². The van der Waals surface area contributed by atoms with Gasteiger partial charge in [0, 0.05) is 11.3 Å². The van der Waals surface area contributed by atoms with Crippen molar-refractivity contribution >= 4 is 27.5 Å². The number of hydrogen-bond acceptors (Lipinski definition) is 6. The van der Waals surface area contributed by atoms with Gasteiger partial charge in [0.05, 0.1) is 6.26 Å². The van der Waals surface area contributed by atoms with Crippen LogP contribution >= 0.6 is 0 Å². The molecule has 2 aromatic carbocycles. The Balaban J connectivity index is 1.50. The van der Waals surface area contributed by atoms with E-state index >= 15 is 0 Å². The van der Waals surface area contributed by atoms with Gasteiger partial charge in [-0.1, -0.05) is 18.2 Å². The fourth-order valence-corrected chi connectivity index (χ4v) is 2.96. The Morgan fingerprint density at radius 3 is 2.23 bits per heavy atom. The first-order chi connectivity index (χ1) is 14.3. The molecule has 3 aromatic rings. The van der Waals surface area contributed by atoms with Gasteiger partial charge in [-0.05, 0) is 48.5 Å². The molecular weight excluding hydrogens is 410 g/mol. The number of nitrogens with one attached hydrogen (secondary N) is 3. The second-order valence-corrected chi connectivity index (χ2v) is 7.98. The van der Waals surface area contributed by atoms with Crippen LogP contribution in [-0.2, 0) is 16.6 Å². The zero-order valence-electron chi connectivity index (χ0n) is 15.9. The van der Waals surface area contributed by atoms with Crippen LogP contribution in [-0.4, -0.2) is 26.5 Å². The first kappa shape index (κ1) is 20.9. The van der Waals surface area contributed by atoms with Gasteiger partial charge in [-0.2, -0.15) is 0 Å². The van der Waals surface area contributed by atoms with Gasteiger partial charge in [0.25, 0.3) is 5.91 Å². The summed E-state index contributed by atoms with van der Waals surface area (Å²) in [6, 6.07) is 17.9. The molecule has 0 fully saturated rings. The van der Waals surface area contributed by atoms with Crippen LogP contribution < -0.4 is 20.3 Å². The fourth-order valence-electron chi connectivity index (χ4n) is 2.40. The van der Waals surface area contributed by atoms with E-state index in [0.717, 1.165) is 6.26 Å². The monoisotopic (exact) mass is 429 g/mol. The Hall–Kier alpha value is -3.79. The van der Waals surface area contributed by atoms with Crippen LogP contribution in [0.4, 0.5) is 5.69 Å². The average Bonchev–Trinajstić information content (AvgIpc) is 3.19. The topological polar surface area (TPSA) is 127 Å². The van der Waals surface area contributed by atoms with Crippen molar-refractivity contribution in [3.05, 3.63) is 83.8 Å². The van der Waals surface area contributed by atoms with E-state index in [-0.39, 0.29) is 17.9 Å². The molecule has 0 aliphatic rings. The number of furan rings is 1. The molecular formula is C20H19N3O6S. The van der Waals surface area contributed by atoms with Crippen molar-refractivity contribution in [3.8, 4) is 5.75 Å². The number of benzene rings is 2. The van der Waals surface area contributed by atoms with Crippen LogP contribution in [0, 0.1) is 0 Å². The number of carbonyl (C=O) groups excluding carboxylic acids is 2. The highest BCUT2D eigenvalue weighted by Crippen LogP contribution is 2.14. The molecule has 30 heavy (non-hydrogen) atoms. The Labute approximate surface area is 173 Å². The highest BCUT2D eigenvalue weighted by atomic mass is 32.2. The van der Waals surface area contributed by atoms with Crippen LogP contribution in [0.5, 0.6) is 5.75 Å². The quantitative estimate of drug-likeness (QED) is 0.495. The number of anilines is 1. The lowest BCUT2D eigenvalue weighted by atomic mass is 10.2. The van der Waals surface area contributed by atoms with E-state index in [1.54, 1.807) is 18.2 Å². The normalized spacial score (nSPS) is 10.8. The number of sulfonamides is 1. The molecule has 1 heterocycles. The number of hydrazine groups is 1. The summed E-state index contributed by atoms with van der Waals surface area (Å²) in [4.78, 5) is 24.3. The zero-order chi connectivity index (χ0) is 21.6. The summed E-state index contributed by atoms with van der Waals surface area (Å²) in [5, 5.41) is 0. The minimum atomic E-state index is -3.41. The zero-order valence-corrected chi connectivity index (χ0v) is 16.7. The van der Waals surface area contributed by atoms with Gasteiger partial charge in [-0.15, -0.1) is 0 Å². The second kappa shape index (κ2) is 9.14. The molecule has 0 saturated heterocycles. The van der Waals surface area contributed by atoms with Crippen LogP contribution in [0.25, 0.3) is 0 Å². The molecule has 3 rings (SSSR count). The SMILES string of the molecule is CS(=O)(=O)Nc1ccc(C(=O)NNC(=O)c2ccc(COc3ccccc3)o2)cc1. The molecule has 0 unspecified atom stereocenters. The summed E-state index contributed by atoms with van der Waals surface area (Å²) >= 11 is 0. The van der Waals surface area contributed by atoms with Crippen molar-refractivity contribution in [1.29, 1.82) is 0 Å². The molecule has 3 N–H and O–H groups in total. The minimum Gasteiger partial charge on any atom is -0.486 e. The summed E-state index contributed by atoms with van der Waals surface area (Å²) in [7, 11) is -3.41. The fraction of sp³-hybridized carbons (Fsp3) is 0.100. The van der Waals surface area contributed by atoms with Gasteiger partial charge in [0.2, 0.25) is 10.0 Å². The Morgan fingerprint density at radius 2 is 1.57 bits per heavy atom.